The Balaban J connectivity index is 2.73. The summed E-state index contributed by atoms with van der Waals surface area (Å²) in [4.78, 5) is 25.5. The normalized spacial score (nSPS) is 14.4. The van der Waals surface area contributed by atoms with Crippen LogP contribution in [-0.4, -0.2) is 22.4 Å². The van der Waals surface area contributed by atoms with Gasteiger partial charge in [-0.25, -0.2) is 0 Å². The van der Waals surface area contributed by atoms with Gasteiger partial charge < -0.3 is 9.88 Å². The first-order valence-electron chi connectivity index (χ1n) is 4.23. The van der Waals surface area contributed by atoms with Crippen LogP contribution in [-0.2, 0) is 6.54 Å². The van der Waals surface area contributed by atoms with Gasteiger partial charge in [0.25, 0.3) is 5.56 Å². The van der Waals surface area contributed by atoms with Crippen LogP contribution < -0.4 is 10.9 Å². The highest BCUT2D eigenvalue weighted by molar-refractivity contribution is 6.28. The number of hydrogen-bond donors (Lipinski definition) is 1. The minimum atomic E-state index is -0.578. The lowest BCUT2D eigenvalue weighted by Gasteiger charge is -2.22. The van der Waals surface area contributed by atoms with Crippen molar-refractivity contribution in [2.75, 3.05) is 11.9 Å². The molecule has 0 spiro atoms. The summed E-state index contributed by atoms with van der Waals surface area (Å²) in [5.74, 6) is 0.483. The lowest BCUT2D eigenvalue weighted by molar-refractivity contribution is 0.112. The van der Waals surface area contributed by atoms with Gasteiger partial charge in [-0.15, -0.1) is 0 Å². The molecule has 2 heterocycles. The molecule has 1 aliphatic rings. The summed E-state index contributed by atoms with van der Waals surface area (Å²) in [7, 11) is 0. The maximum Gasteiger partial charge on any atom is 0.286 e. The molecular formula is C8H8ClN3O2. The van der Waals surface area contributed by atoms with Gasteiger partial charge >= 0.3 is 0 Å². The Kier molecular flexibility index (Phi) is 2.25. The Hall–Kier alpha value is -1.36. The predicted octanol–water partition coefficient (Wildman–Crippen LogP) is 0.525. The van der Waals surface area contributed by atoms with Crippen LogP contribution in [0.3, 0.4) is 0 Å². The smallest absolute Gasteiger partial charge is 0.286 e. The van der Waals surface area contributed by atoms with E-state index in [4.69, 9.17) is 11.6 Å². The first-order valence-corrected chi connectivity index (χ1v) is 4.61. The zero-order valence-electron chi connectivity index (χ0n) is 7.29. The number of halogens is 1. The summed E-state index contributed by atoms with van der Waals surface area (Å²) < 4.78 is 1.64. The van der Waals surface area contributed by atoms with Crippen LogP contribution in [0.5, 0.6) is 0 Å². The maximum atomic E-state index is 11.3. The number of nitrogens with zero attached hydrogens (tertiary/aromatic N) is 2. The molecule has 0 aliphatic carbocycles. The number of carbonyl (C=O) groups excluding carboxylic acids is 1. The minimum absolute atomic E-state index is 0.0501. The highest BCUT2D eigenvalue weighted by atomic mass is 35.5. The van der Waals surface area contributed by atoms with E-state index in [2.05, 4.69) is 10.3 Å². The average Bonchev–Trinajstić information content (AvgIpc) is 2.18. The molecule has 14 heavy (non-hydrogen) atoms. The summed E-state index contributed by atoms with van der Waals surface area (Å²) in [6.45, 7) is 1.41. The maximum absolute atomic E-state index is 11.3. The second-order valence-electron chi connectivity index (χ2n) is 3.00. The molecule has 6 heteroatoms. The van der Waals surface area contributed by atoms with Crippen LogP contribution in [0, 0.1) is 0 Å². The number of aromatic nitrogens is 2. The molecule has 0 fully saturated rings. The highest BCUT2D eigenvalue weighted by Gasteiger charge is 2.17. The molecule has 2 rings (SSSR count). The molecule has 1 aliphatic heterocycles. The first-order chi connectivity index (χ1) is 6.74. The van der Waals surface area contributed by atoms with Crippen molar-refractivity contribution in [2.45, 2.75) is 13.0 Å². The SMILES string of the molecule is O=Cc1c2n(c(Cl)nc1=O)CCCN2. The minimum Gasteiger partial charge on any atom is -0.371 e. The topological polar surface area (TPSA) is 64.0 Å². The second kappa shape index (κ2) is 3.42. The molecular weight excluding hydrogens is 206 g/mol. The number of fused-ring (bicyclic) bond motifs is 1. The van der Waals surface area contributed by atoms with Crippen LogP contribution in [0.1, 0.15) is 16.8 Å². The third kappa shape index (κ3) is 1.29. The molecule has 0 bridgehead atoms. The predicted molar refractivity (Wildman–Crippen MR) is 52.0 cm³/mol. The average molecular weight is 214 g/mol. The summed E-state index contributed by atoms with van der Waals surface area (Å²) >= 11 is 5.77. The zero-order valence-corrected chi connectivity index (χ0v) is 8.04. The van der Waals surface area contributed by atoms with Gasteiger partial charge in [-0.1, -0.05) is 0 Å². The van der Waals surface area contributed by atoms with Gasteiger partial charge in [-0.05, 0) is 18.0 Å². The Labute approximate surface area is 84.7 Å². The van der Waals surface area contributed by atoms with Crippen LogP contribution in [0.25, 0.3) is 0 Å². The van der Waals surface area contributed by atoms with Gasteiger partial charge in [-0.3, -0.25) is 9.59 Å². The fourth-order valence-corrected chi connectivity index (χ4v) is 1.73. The van der Waals surface area contributed by atoms with Crippen LogP contribution in [0.4, 0.5) is 5.82 Å². The molecule has 0 saturated heterocycles. The largest absolute Gasteiger partial charge is 0.371 e. The molecule has 0 atom stereocenters. The Morgan fingerprint density at radius 3 is 3.07 bits per heavy atom. The van der Waals surface area contributed by atoms with Crippen molar-refractivity contribution in [1.82, 2.24) is 9.55 Å². The van der Waals surface area contributed by atoms with Gasteiger partial charge in [0.2, 0.25) is 5.28 Å². The van der Waals surface area contributed by atoms with Gasteiger partial charge in [0.15, 0.2) is 6.29 Å². The molecule has 0 radical (unpaired) electrons. The summed E-state index contributed by atoms with van der Waals surface area (Å²) in [6.07, 6.45) is 1.41. The standard InChI is InChI=1S/C8H8ClN3O2/c9-8-11-7(14)5(4-13)6-10-2-1-3-12(6)8/h4,10H,1-3H2. The molecule has 0 aromatic carbocycles. The molecule has 0 amide bonds. The summed E-state index contributed by atoms with van der Waals surface area (Å²) in [5.41, 5.74) is -0.528. The van der Waals surface area contributed by atoms with E-state index in [1.54, 1.807) is 4.57 Å². The number of aldehydes is 1. The van der Waals surface area contributed by atoms with Crippen LogP contribution in [0.15, 0.2) is 4.79 Å². The van der Waals surface area contributed by atoms with Crippen LogP contribution >= 0.6 is 11.6 Å². The lowest BCUT2D eigenvalue weighted by atomic mass is 10.2. The Bertz CT molecular complexity index is 441. The zero-order chi connectivity index (χ0) is 10.1. The Morgan fingerprint density at radius 2 is 2.36 bits per heavy atom. The van der Waals surface area contributed by atoms with E-state index in [9.17, 15) is 9.59 Å². The van der Waals surface area contributed by atoms with Crippen molar-refractivity contribution in [3.8, 4) is 0 Å². The van der Waals surface area contributed by atoms with Gasteiger partial charge in [0, 0.05) is 13.1 Å². The van der Waals surface area contributed by atoms with Crippen molar-refractivity contribution in [1.29, 1.82) is 0 Å². The van der Waals surface area contributed by atoms with E-state index >= 15 is 0 Å². The second-order valence-corrected chi connectivity index (χ2v) is 3.34. The van der Waals surface area contributed by atoms with E-state index in [1.165, 1.54) is 0 Å². The summed E-state index contributed by atoms with van der Waals surface area (Å²) in [6, 6.07) is 0. The number of anilines is 1. The van der Waals surface area contributed by atoms with Gasteiger partial charge in [-0.2, -0.15) is 4.98 Å². The summed E-state index contributed by atoms with van der Waals surface area (Å²) in [5, 5.41) is 3.10. The van der Waals surface area contributed by atoms with E-state index in [1.807, 2.05) is 0 Å². The quantitative estimate of drug-likeness (QED) is 0.546. The lowest BCUT2D eigenvalue weighted by Crippen LogP contribution is -2.27. The number of carbonyl (C=O) groups is 1. The number of hydrogen-bond acceptors (Lipinski definition) is 4. The van der Waals surface area contributed by atoms with Gasteiger partial charge in [0.05, 0.1) is 0 Å². The van der Waals surface area contributed by atoms with E-state index in [0.717, 1.165) is 13.0 Å². The molecule has 5 nitrogen and oxygen atoms in total. The van der Waals surface area contributed by atoms with Crippen molar-refractivity contribution in [3.05, 3.63) is 21.2 Å². The number of rotatable bonds is 1. The first kappa shape index (κ1) is 9.21. The van der Waals surface area contributed by atoms with E-state index < -0.39 is 5.56 Å². The molecule has 74 valence electrons. The van der Waals surface area contributed by atoms with Crippen LogP contribution in [0.2, 0.25) is 5.28 Å². The fourth-order valence-electron chi connectivity index (χ4n) is 1.49. The fraction of sp³-hybridized carbons (Fsp3) is 0.375. The van der Waals surface area contributed by atoms with Crippen molar-refractivity contribution in [2.24, 2.45) is 0 Å². The molecule has 1 aromatic heterocycles. The molecule has 1 N–H and O–H groups in total. The third-order valence-electron chi connectivity index (χ3n) is 2.14. The highest BCUT2D eigenvalue weighted by Crippen LogP contribution is 2.19. The van der Waals surface area contributed by atoms with E-state index in [-0.39, 0.29) is 10.8 Å². The third-order valence-corrected chi connectivity index (χ3v) is 2.43. The van der Waals surface area contributed by atoms with Crippen molar-refractivity contribution >= 4 is 23.7 Å². The van der Waals surface area contributed by atoms with Crippen molar-refractivity contribution in [3.63, 3.8) is 0 Å². The monoisotopic (exact) mass is 213 g/mol. The molecule has 1 aromatic rings. The molecule has 0 unspecified atom stereocenters. The number of nitrogens with one attached hydrogen (secondary N) is 1. The van der Waals surface area contributed by atoms with E-state index in [0.29, 0.717) is 18.6 Å². The van der Waals surface area contributed by atoms with Gasteiger partial charge in [0.1, 0.15) is 11.4 Å². The Morgan fingerprint density at radius 1 is 1.57 bits per heavy atom. The molecule has 0 saturated carbocycles. The van der Waals surface area contributed by atoms with Crippen molar-refractivity contribution < 1.29 is 4.79 Å².